The summed E-state index contributed by atoms with van der Waals surface area (Å²) in [5.41, 5.74) is 0.451. The van der Waals surface area contributed by atoms with Crippen LogP contribution in [0.2, 0.25) is 0 Å². The lowest BCUT2D eigenvalue weighted by Gasteiger charge is -1.96. The maximum Gasteiger partial charge on any atom is 0.333 e. The van der Waals surface area contributed by atoms with Crippen molar-refractivity contribution >= 4 is 11.9 Å². The van der Waals surface area contributed by atoms with Crippen molar-refractivity contribution in [3.63, 3.8) is 0 Å². The summed E-state index contributed by atoms with van der Waals surface area (Å²) in [6.07, 6.45) is 2.62. The van der Waals surface area contributed by atoms with Crippen molar-refractivity contribution in [2.45, 2.75) is 13.8 Å². The molecule has 0 aliphatic heterocycles. The van der Waals surface area contributed by atoms with Gasteiger partial charge in [-0.1, -0.05) is 25.8 Å². The summed E-state index contributed by atoms with van der Waals surface area (Å²) in [5.74, 6) is -0.725. The van der Waals surface area contributed by atoms with Crippen LogP contribution in [0.5, 0.6) is 0 Å². The van der Waals surface area contributed by atoms with Gasteiger partial charge < -0.3 is 9.47 Å². The minimum absolute atomic E-state index is 0.255. The molecule has 0 aromatic rings. The Bertz CT molecular complexity index is 266. The fraction of sp³-hybridized carbons (Fsp3) is 0.333. The number of carbonyl (C=O) groups is 2. The molecule has 0 aromatic heterocycles. The summed E-state index contributed by atoms with van der Waals surface area (Å²) in [4.78, 5) is 20.6. The second-order valence-electron chi connectivity index (χ2n) is 2.62. The van der Waals surface area contributed by atoms with Gasteiger partial charge in [-0.3, -0.25) is 0 Å². The van der Waals surface area contributed by atoms with Crippen LogP contribution in [0.1, 0.15) is 13.8 Å². The zero-order valence-electron chi connectivity index (χ0n) is 9.82. The highest BCUT2D eigenvalue weighted by atomic mass is 16.5. The lowest BCUT2D eigenvalue weighted by Crippen LogP contribution is -2.03. The largest absolute Gasteiger partial charge is 0.463 e. The summed E-state index contributed by atoms with van der Waals surface area (Å²) >= 11 is 0. The molecule has 0 atom stereocenters. The highest BCUT2D eigenvalue weighted by Crippen LogP contribution is 1.89. The van der Waals surface area contributed by atoms with E-state index in [2.05, 4.69) is 29.2 Å². The molecule has 0 radical (unpaired) electrons. The van der Waals surface area contributed by atoms with Crippen LogP contribution in [0.4, 0.5) is 0 Å². The van der Waals surface area contributed by atoms with E-state index in [9.17, 15) is 9.59 Å². The van der Waals surface area contributed by atoms with Gasteiger partial charge in [-0.15, -0.1) is 0 Å². The Labute approximate surface area is 96.2 Å². The summed E-state index contributed by atoms with van der Waals surface area (Å²) in [5, 5.41) is 0. The molecule has 0 unspecified atom stereocenters. The van der Waals surface area contributed by atoms with E-state index in [1.165, 1.54) is 6.08 Å². The van der Waals surface area contributed by atoms with Gasteiger partial charge in [-0.05, 0) is 13.8 Å². The van der Waals surface area contributed by atoms with Crippen LogP contribution < -0.4 is 0 Å². The molecular weight excluding hydrogens is 208 g/mol. The van der Waals surface area contributed by atoms with Gasteiger partial charge in [0.05, 0.1) is 6.61 Å². The van der Waals surface area contributed by atoms with Crippen molar-refractivity contribution in [1.29, 1.82) is 0 Å². The zero-order chi connectivity index (χ0) is 13.0. The van der Waals surface area contributed by atoms with Crippen molar-refractivity contribution in [1.82, 2.24) is 0 Å². The molecule has 0 N–H and O–H groups in total. The Kier molecular flexibility index (Phi) is 11.6. The second-order valence-corrected chi connectivity index (χ2v) is 2.62. The highest BCUT2D eigenvalue weighted by Gasteiger charge is 1.98. The van der Waals surface area contributed by atoms with Gasteiger partial charge in [-0.2, -0.15) is 0 Å². The van der Waals surface area contributed by atoms with Crippen molar-refractivity contribution in [3.8, 4) is 0 Å². The monoisotopic (exact) mass is 226 g/mol. The van der Waals surface area contributed by atoms with Crippen LogP contribution in [-0.2, 0) is 19.1 Å². The van der Waals surface area contributed by atoms with Gasteiger partial charge in [0.1, 0.15) is 6.61 Å². The zero-order valence-corrected chi connectivity index (χ0v) is 9.82. The molecule has 0 saturated carbocycles. The predicted octanol–water partition coefficient (Wildman–Crippen LogP) is 2.03. The molecule has 0 rings (SSSR count). The second kappa shape index (κ2) is 11.2. The third-order valence-corrected chi connectivity index (χ3v) is 1.13. The van der Waals surface area contributed by atoms with Gasteiger partial charge in [0.15, 0.2) is 0 Å². The molecule has 16 heavy (non-hydrogen) atoms. The fourth-order valence-corrected chi connectivity index (χ4v) is 0.454. The van der Waals surface area contributed by atoms with Gasteiger partial charge >= 0.3 is 11.9 Å². The van der Waals surface area contributed by atoms with E-state index >= 15 is 0 Å². The number of ether oxygens (including phenoxy) is 2. The fourth-order valence-electron chi connectivity index (χ4n) is 0.454. The van der Waals surface area contributed by atoms with E-state index in [-0.39, 0.29) is 12.6 Å². The summed E-state index contributed by atoms with van der Waals surface area (Å²) < 4.78 is 9.03. The van der Waals surface area contributed by atoms with Crippen LogP contribution in [0.3, 0.4) is 0 Å². The average molecular weight is 226 g/mol. The number of rotatable bonds is 5. The quantitative estimate of drug-likeness (QED) is 0.409. The van der Waals surface area contributed by atoms with Crippen LogP contribution in [0.15, 0.2) is 37.5 Å². The molecule has 0 heterocycles. The molecule has 0 spiro atoms. The molecule has 0 aliphatic carbocycles. The molecule has 0 saturated heterocycles. The third-order valence-electron chi connectivity index (χ3n) is 1.13. The smallest absolute Gasteiger partial charge is 0.333 e. The van der Waals surface area contributed by atoms with Gasteiger partial charge in [0.25, 0.3) is 0 Å². The Balaban J connectivity index is 0. The molecule has 90 valence electrons. The van der Waals surface area contributed by atoms with Crippen LogP contribution in [-0.4, -0.2) is 25.2 Å². The minimum atomic E-state index is -0.412. The van der Waals surface area contributed by atoms with Crippen molar-refractivity contribution in [2.24, 2.45) is 0 Å². The van der Waals surface area contributed by atoms with E-state index in [0.29, 0.717) is 12.2 Å². The van der Waals surface area contributed by atoms with Gasteiger partial charge in [0, 0.05) is 11.6 Å². The summed E-state index contributed by atoms with van der Waals surface area (Å²) in [7, 11) is 0. The number of hydrogen-bond donors (Lipinski definition) is 0. The van der Waals surface area contributed by atoms with Crippen LogP contribution >= 0.6 is 0 Å². The molecule has 0 aromatic carbocycles. The maximum absolute atomic E-state index is 10.4. The van der Waals surface area contributed by atoms with Gasteiger partial charge in [0.2, 0.25) is 0 Å². The molecule has 0 bridgehead atoms. The van der Waals surface area contributed by atoms with E-state index in [0.717, 1.165) is 6.08 Å². The van der Waals surface area contributed by atoms with E-state index in [1.54, 1.807) is 13.8 Å². The number of hydrogen-bond acceptors (Lipinski definition) is 4. The topological polar surface area (TPSA) is 52.6 Å². The Hall–Kier alpha value is -1.84. The molecule has 0 fully saturated rings. The summed E-state index contributed by atoms with van der Waals surface area (Å²) in [6, 6.07) is 0. The number of esters is 2. The Morgan fingerprint density at radius 2 is 1.81 bits per heavy atom. The van der Waals surface area contributed by atoms with E-state index in [4.69, 9.17) is 0 Å². The van der Waals surface area contributed by atoms with E-state index in [1.807, 2.05) is 0 Å². The normalized spacial score (nSPS) is 7.88. The molecule has 0 aliphatic rings. The molecular formula is C12H18O4. The van der Waals surface area contributed by atoms with Crippen molar-refractivity contribution in [2.75, 3.05) is 13.2 Å². The van der Waals surface area contributed by atoms with E-state index < -0.39 is 5.97 Å². The molecule has 4 heteroatoms. The maximum atomic E-state index is 10.4. The first-order chi connectivity index (χ1) is 7.49. The minimum Gasteiger partial charge on any atom is -0.463 e. The molecule has 0 amide bonds. The molecule has 4 nitrogen and oxygen atoms in total. The third kappa shape index (κ3) is 12.2. The predicted molar refractivity (Wildman–Crippen MR) is 62.8 cm³/mol. The average Bonchev–Trinajstić information content (AvgIpc) is 2.27. The Morgan fingerprint density at radius 3 is 2.06 bits per heavy atom. The van der Waals surface area contributed by atoms with Crippen LogP contribution in [0, 0.1) is 0 Å². The SMILES string of the molecule is C=C(C)C(=O)OCC.C=CCOC(=O)C=C. The number of carbonyl (C=O) groups excluding carboxylic acids is 2. The Morgan fingerprint density at radius 1 is 1.25 bits per heavy atom. The van der Waals surface area contributed by atoms with Crippen molar-refractivity contribution < 1.29 is 19.1 Å². The first-order valence-electron chi connectivity index (χ1n) is 4.72. The highest BCUT2D eigenvalue weighted by molar-refractivity contribution is 5.86. The van der Waals surface area contributed by atoms with Crippen LogP contribution in [0.25, 0.3) is 0 Å². The first kappa shape index (κ1) is 16.6. The van der Waals surface area contributed by atoms with Crippen molar-refractivity contribution in [3.05, 3.63) is 37.5 Å². The first-order valence-corrected chi connectivity index (χ1v) is 4.72. The standard InChI is InChI=1S/C6H10O2.C6H8O2/c1-4-8-6(7)5(2)3;1-3-5-8-6(7)4-2/h2,4H2,1,3H3;3-4H,1-2,5H2. The lowest BCUT2D eigenvalue weighted by atomic mass is 10.4. The lowest BCUT2D eigenvalue weighted by molar-refractivity contribution is -0.138. The van der Waals surface area contributed by atoms with Gasteiger partial charge in [-0.25, -0.2) is 9.59 Å². The summed E-state index contributed by atoms with van der Waals surface area (Å²) in [6.45, 7) is 14.0.